The molecular formula is C17H41NO2Si2. The molecule has 0 bridgehead atoms. The van der Waals surface area contributed by atoms with E-state index in [2.05, 4.69) is 60.3 Å². The van der Waals surface area contributed by atoms with Crippen molar-refractivity contribution >= 4 is 16.6 Å². The van der Waals surface area contributed by atoms with Crippen LogP contribution in [0.3, 0.4) is 0 Å². The van der Waals surface area contributed by atoms with Gasteiger partial charge in [-0.05, 0) is 29.6 Å². The molecule has 0 aromatic heterocycles. The van der Waals surface area contributed by atoms with Crippen molar-refractivity contribution in [2.75, 3.05) is 20.4 Å². The maximum absolute atomic E-state index is 5.68. The summed E-state index contributed by atoms with van der Waals surface area (Å²) in [6, 6.07) is 0. The first kappa shape index (κ1) is 22.3. The summed E-state index contributed by atoms with van der Waals surface area (Å²) in [5.41, 5.74) is 2.95. The fourth-order valence-electron chi connectivity index (χ4n) is 4.56. The molecule has 0 saturated heterocycles. The molecule has 0 aliphatic carbocycles. The topological polar surface area (TPSA) is 30.5 Å². The molecule has 1 unspecified atom stereocenters. The first-order chi connectivity index (χ1) is 10.1. The first-order valence-corrected chi connectivity index (χ1v) is 13.8. The van der Waals surface area contributed by atoms with Gasteiger partial charge in [0.2, 0.25) is 0 Å². The van der Waals surface area contributed by atoms with Crippen molar-refractivity contribution in [3.05, 3.63) is 0 Å². The molecule has 0 aliphatic rings. The second-order valence-electron chi connectivity index (χ2n) is 7.73. The van der Waals surface area contributed by atoms with Crippen LogP contribution in [0.1, 0.15) is 61.3 Å². The highest BCUT2D eigenvalue weighted by atomic mass is 28.4. The predicted octanol–water partition coefficient (Wildman–Crippen LogP) is 4.87. The molecule has 0 aromatic rings. The van der Waals surface area contributed by atoms with Crippen molar-refractivity contribution in [2.45, 2.75) is 90.1 Å². The summed E-state index contributed by atoms with van der Waals surface area (Å²) >= 11 is 0. The highest BCUT2D eigenvalue weighted by Gasteiger charge is 2.49. The third-order valence-electron chi connectivity index (χ3n) is 5.71. The van der Waals surface area contributed by atoms with Crippen molar-refractivity contribution in [3.63, 3.8) is 0 Å². The van der Waals surface area contributed by atoms with Crippen LogP contribution in [0.5, 0.6) is 0 Å². The minimum absolute atomic E-state index is 0.634. The average molecular weight is 348 g/mol. The van der Waals surface area contributed by atoms with Crippen LogP contribution in [-0.4, -0.2) is 42.7 Å². The van der Waals surface area contributed by atoms with E-state index in [9.17, 15) is 0 Å². The molecule has 0 fully saturated rings. The van der Waals surface area contributed by atoms with Crippen molar-refractivity contribution < 1.29 is 8.85 Å². The fourth-order valence-corrected chi connectivity index (χ4v) is 13.5. The van der Waals surface area contributed by atoms with E-state index in [1.54, 1.807) is 14.2 Å². The highest BCUT2D eigenvalue weighted by Crippen LogP contribution is 2.44. The van der Waals surface area contributed by atoms with Crippen LogP contribution in [0, 0.1) is 0 Å². The zero-order valence-corrected chi connectivity index (χ0v) is 18.7. The minimum atomic E-state index is -2.06. The Balaban J connectivity index is 5.48. The van der Waals surface area contributed by atoms with Crippen LogP contribution in [-0.2, 0) is 8.85 Å². The number of hydrogen-bond acceptors (Lipinski definition) is 3. The largest absolute Gasteiger partial charge is 0.397 e. The zero-order valence-electron chi connectivity index (χ0n) is 16.7. The van der Waals surface area contributed by atoms with Crippen LogP contribution < -0.4 is 5.32 Å². The second kappa shape index (κ2) is 9.57. The Bertz CT molecular complexity index is 283. The molecule has 0 heterocycles. The quantitative estimate of drug-likeness (QED) is 0.541. The van der Waals surface area contributed by atoms with Gasteiger partial charge in [-0.2, -0.15) is 0 Å². The van der Waals surface area contributed by atoms with Crippen molar-refractivity contribution in [1.82, 2.24) is 5.32 Å². The molecule has 0 saturated carbocycles. The SMILES string of the molecule is CCCC(NC[Si](C)(OC)OC)[Si](C(C)C)(C(C)C)C(C)C. The zero-order chi connectivity index (χ0) is 17.6. The molecule has 0 radical (unpaired) electrons. The van der Waals surface area contributed by atoms with E-state index in [4.69, 9.17) is 8.85 Å². The van der Waals surface area contributed by atoms with E-state index in [-0.39, 0.29) is 0 Å². The Morgan fingerprint density at radius 2 is 1.27 bits per heavy atom. The molecule has 0 rings (SSSR count). The lowest BCUT2D eigenvalue weighted by Gasteiger charge is -2.50. The number of nitrogens with one attached hydrogen (secondary N) is 1. The third kappa shape index (κ3) is 4.90. The third-order valence-corrected chi connectivity index (χ3v) is 16.0. The highest BCUT2D eigenvalue weighted by molar-refractivity contribution is 6.85. The van der Waals surface area contributed by atoms with E-state index in [0.717, 1.165) is 22.8 Å². The summed E-state index contributed by atoms with van der Waals surface area (Å²) in [6.07, 6.45) is 3.38. The Labute approximate surface area is 141 Å². The lowest BCUT2D eigenvalue weighted by Crippen LogP contribution is -2.63. The molecule has 0 amide bonds. The Morgan fingerprint density at radius 3 is 1.55 bits per heavy atom. The van der Waals surface area contributed by atoms with Gasteiger partial charge in [-0.15, -0.1) is 0 Å². The smallest absolute Gasteiger partial charge is 0.348 e. The van der Waals surface area contributed by atoms with E-state index in [1.165, 1.54) is 12.8 Å². The van der Waals surface area contributed by atoms with Crippen molar-refractivity contribution in [1.29, 1.82) is 0 Å². The fraction of sp³-hybridized carbons (Fsp3) is 1.00. The van der Waals surface area contributed by atoms with Gasteiger partial charge in [0.1, 0.15) is 0 Å². The Hall–Kier alpha value is 0.314. The van der Waals surface area contributed by atoms with Crippen molar-refractivity contribution in [3.8, 4) is 0 Å². The van der Waals surface area contributed by atoms with Gasteiger partial charge in [-0.1, -0.05) is 54.9 Å². The number of rotatable bonds is 11. The average Bonchev–Trinajstić information content (AvgIpc) is 2.43. The molecule has 1 atom stereocenters. The van der Waals surface area contributed by atoms with Gasteiger partial charge in [0, 0.05) is 26.1 Å². The van der Waals surface area contributed by atoms with Crippen LogP contribution in [0.2, 0.25) is 23.2 Å². The number of hydrogen-bond donors (Lipinski definition) is 1. The summed E-state index contributed by atoms with van der Waals surface area (Å²) in [5, 5.41) is 3.92. The summed E-state index contributed by atoms with van der Waals surface area (Å²) in [7, 11) is -0.000421. The van der Waals surface area contributed by atoms with Gasteiger partial charge in [0.05, 0.1) is 8.07 Å². The standard InChI is InChI=1S/C17H41NO2Si2/c1-11-12-17(18-13-21(10,19-8)20-9)22(14(2)3,15(4)5)16(6)7/h14-18H,11-13H2,1-10H3. The van der Waals surface area contributed by atoms with Gasteiger partial charge >= 0.3 is 8.56 Å². The molecule has 134 valence electrons. The Kier molecular flexibility index (Phi) is 9.71. The molecular weight excluding hydrogens is 306 g/mol. The summed E-state index contributed by atoms with van der Waals surface area (Å²) in [4.78, 5) is 0. The van der Waals surface area contributed by atoms with Gasteiger partial charge in [-0.3, -0.25) is 0 Å². The van der Waals surface area contributed by atoms with E-state index >= 15 is 0 Å². The van der Waals surface area contributed by atoms with Gasteiger partial charge in [0.25, 0.3) is 0 Å². The lowest BCUT2D eigenvalue weighted by molar-refractivity contribution is 0.246. The van der Waals surface area contributed by atoms with Crippen LogP contribution in [0.15, 0.2) is 0 Å². The maximum atomic E-state index is 5.68. The minimum Gasteiger partial charge on any atom is -0.397 e. The van der Waals surface area contributed by atoms with Crippen molar-refractivity contribution in [2.24, 2.45) is 0 Å². The van der Waals surface area contributed by atoms with E-state index < -0.39 is 16.6 Å². The molecule has 5 heteroatoms. The van der Waals surface area contributed by atoms with Crippen LogP contribution in [0.4, 0.5) is 0 Å². The second-order valence-corrected chi connectivity index (χ2v) is 17.3. The molecule has 3 nitrogen and oxygen atoms in total. The molecule has 22 heavy (non-hydrogen) atoms. The first-order valence-electron chi connectivity index (χ1n) is 8.95. The predicted molar refractivity (Wildman–Crippen MR) is 103 cm³/mol. The van der Waals surface area contributed by atoms with Gasteiger partial charge < -0.3 is 14.2 Å². The summed E-state index contributed by atoms with van der Waals surface area (Å²) < 4.78 is 11.4. The molecule has 1 N–H and O–H groups in total. The summed E-state index contributed by atoms with van der Waals surface area (Å²) in [5.74, 6) is 0. The molecule has 0 spiro atoms. The van der Waals surface area contributed by atoms with E-state index in [1.807, 2.05) is 0 Å². The Morgan fingerprint density at radius 1 is 0.864 bits per heavy atom. The van der Waals surface area contributed by atoms with Crippen LogP contribution >= 0.6 is 0 Å². The summed E-state index contributed by atoms with van der Waals surface area (Å²) in [6.45, 7) is 19.1. The van der Waals surface area contributed by atoms with Gasteiger partial charge in [0.15, 0.2) is 0 Å². The molecule has 0 aliphatic heterocycles. The molecule has 0 aromatic carbocycles. The van der Waals surface area contributed by atoms with Crippen LogP contribution in [0.25, 0.3) is 0 Å². The monoisotopic (exact) mass is 347 g/mol. The normalized spacial score (nSPS) is 15.1. The lowest BCUT2D eigenvalue weighted by atomic mass is 10.3. The maximum Gasteiger partial charge on any atom is 0.348 e. The van der Waals surface area contributed by atoms with Gasteiger partial charge in [-0.25, -0.2) is 0 Å². The van der Waals surface area contributed by atoms with E-state index in [0.29, 0.717) is 5.67 Å².